The SMILES string of the molecule is O=C(O)CC(Nc1ccc(F)c(Cl)c1)C(=O)O. The molecule has 0 aliphatic rings. The molecule has 0 radical (unpaired) electrons. The molecule has 5 nitrogen and oxygen atoms in total. The highest BCUT2D eigenvalue weighted by atomic mass is 35.5. The first-order valence-corrected chi connectivity index (χ1v) is 4.94. The molecular weight excluding hydrogens is 253 g/mol. The molecule has 1 aromatic rings. The molecule has 1 atom stereocenters. The number of hydrogen-bond donors (Lipinski definition) is 3. The van der Waals surface area contributed by atoms with Gasteiger partial charge >= 0.3 is 11.9 Å². The van der Waals surface area contributed by atoms with Crippen LogP contribution in [-0.2, 0) is 9.59 Å². The van der Waals surface area contributed by atoms with Crippen LogP contribution in [0.15, 0.2) is 18.2 Å². The Kier molecular flexibility index (Phi) is 4.28. The summed E-state index contributed by atoms with van der Waals surface area (Å²) in [7, 11) is 0. The monoisotopic (exact) mass is 261 g/mol. The lowest BCUT2D eigenvalue weighted by molar-refractivity contribution is -0.144. The van der Waals surface area contributed by atoms with Gasteiger partial charge in [0.15, 0.2) is 0 Å². The molecular formula is C10H9ClFNO4. The second-order valence-corrected chi connectivity index (χ2v) is 3.67. The molecule has 0 saturated heterocycles. The molecule has 0 heterocycles. The Morgan fingerprint density at radius 3 is 2.53 bits per heavy atom. The van der Waals surface area contributed by atoms with E-state index in [1.807, 2.05) is 0 Å². The molecule has 0 aromatic heterocycles. The number of aliphatic carboxylic acids is 2. The zero-order chi connectivity index (χ0) is 13.0. The first-order valence-electron chi connectivity index (χ1n) is 4.56. The van der Waals surface area contributed by atoms with Crippen molar-refractivity contribution in [1.29, 1.82) is 0 Å². The molecule has 3 N–H and O–H groups in total. The van der Waals surface area contributed by atoms with Crippen LogP contribution in [0.2, 0.25) is 5.02 Å². The summed E-state index contributed by atoms with van der Waals surface area (Å²) in [6.07, 6.45) is -0.593. The maximum atomic E-state index is 12.8. The van der Waals surface area contributed by atoms with Crippen LogP contribution in [0.5, 0.6) is 0 Å². The Morgan fingerprint density at radius 1 is 1.41 bits per heavy atom. The van der Waals surface area contributed by atoms with Crippen LogP contribution in [0.25, 0.3) is 0 Å². The highest BCUT2D eigenvalue weighted by Crippen LogP contribution is 2.20. The van der Waals surface area contributed by atoms with Gasteiger partial charge in [0, 0.05) is 5.69 Å². The van der Waals surface area contributed by atoms with Crippen LogP contribution in [0.4, 0.5) is 10.1 Å². The van der Waals surface area contributed by atoms with Crippen LogP contribution < -0.4 is 5.32 Å². The fourth-order valence-electron chi connectivity index (χ4n) is 1.16. The fourth-order valence-corrected chi connectivity index (χ4v) is 1.34. The number of carboxylic acid groups (broad SMARTS) is 2. The number of nitrogens with one attached hydrogen (secondary N) is 1. The van der Waals surface area contributed by atoms with Crippen molar-refractivity contribution in [2.24, 2.45) is 0 Å². The molecule has 92 valence electrons. The lowest BCUT2D eigenvalue weighted by Gasteiger charge is -2.13. The molecule has 0 fully saturated rings. The summed E-state index contributed by atoms with van der Waals surface area (Å²) >= 11 is 5.50. The van der Waals surface area contributed by atoms with E-state index in [9.17, 15) is 14.0 Å². The van der Waals surface area contributed by atoms with Crippen molar-refractivity contribution >= 4 is 29.2 Å². The molecule has 1 unspecified atom stereocenters. The van der Waals surface area contributed by atoms with Gasteiger partial charge in [0.2, 0.25) is 0 Å². The largest absolute Gasteiger partial charge is 0.481 e. The van der Waals surface area contributed by atoms with Crippen molar-refractivity contribution in [3.63, 3.8) is 0 Å². The van der Waals surface area contributed by atoms with Crippen LogP contribution in [-0.4, -0.2) is 28.2 Å². The Bertz CT molecular complexity index is 452. The third-order valence-corrected chi connectivity index (χ3v) is 2.23. The van der Waals surface area contributed by atoms with Gasteiger partial charge in [-0.05, 0) is 18.2 Å². The predicted octanol–water partition coefficient (Wildman–Crippen LogP) is 1.82. The summed E-state index contributed by atoms with van der Waals surface area (Å²) in [4.78, 5) is 21.2. The Balaban J connectivity index is 2.82. The summed E-state index contributed by atoms with van der Waals surface area (Å²) in [6.45, 7) is 0. The minimum absolute atomic E-state index is 0.172. The van der Waals surface area contributed by atoms with Gasteiger partial charge in [0.1, 0.15) is 11.9 Å². The first-order chi connectivity index (χ1) is 7.90. The van der Waals surface area contributed by atoms with Crippen molar-refractivity contribution in [2.75, 3.05) is 5.32 Å². The lowest BCUT2D eigenvalue weighted by atomic mass is 10.2. The number of halogens is 2. The van der Waals surface area contributed by atoms with Gasteiger partial charge in [0.25, 0.3) is 0 Å². The van der Waals surface area contributed by atoms with E-state index in [2.05, 4.69) is 5.32 Å². The Morgan fingerprint density at radius 2 is 2.06 bits per heavy atom. The van der Waals surface area contributed by atoms with E-state index in [1.165, 1.54) is 12.1 Å². The molecule has 17 heavy (non-hydrogen) atoms. The van der Waals surface area contributed by atoms with E-state index in [-0.39, 0.29) is 10.7 Å². The highest BCUT2D eigenvalue weighted by molar-refractivity contribution is 6.31. The van der Waals surface area contributed by atoms with Gasteiger partial charge in [-0.25, -0.2) is 9.18 Å². The number of carbonyl (C=O) groups is 2. The van der Waals surface area contributed by atoms with E-state index >= 15 is 0 Å². The molecule has 0 aliphatic heterocycles. The average molecular weight is 262 g/mol. The minimum atomic E-state index is -1.31. The van der Waals surface area contributed by atoms with Crippen LogP contribution >= 0.6 is 11.6 Å². The predicted molar refractivity (Wildman–Crippen MR) is 58.7 cm³/mol. The van der Waals surface area contributed by atoms with E-state index in [0.717, 1.165) is 6.07 Å². The fraction of sp³-hybridized carbons (Fsp3) is 0.200. The van der Waals surface area contributed by atoms with Gasteiger partial charge in [-0.1, -0.05) is 11.6 Å². The average Bonchev–Trinajstić information content (AvgIpc) is 2.21. The zero-order valence-corrected chi connectivity index (χ0v) is 9.24. The maximum Gasteiger partial charge on any atom is 0.326 e. The van der Waals surface area contributed by atoms with Gasteiger partial charge < -0.3 is 15.5 Å². The molecule has 0 spiro atoms. The lowest BCUT2D eigenvalue weighted by Crippen LogP contribution is -2.31. The van der Waals surface area contributed by atoms with Crippen molar-refractivity contribution in [3.05, 3.63) is 29.0 Å². The van der Waals surface area contributed by atoms with Gasteiger partial charge in [-0.2, -0.15) is 0 Å². The van der Waals surface area contributed by atoms with Crippen LogP contribution in [0.3, 0.4) is 0 Å². The van der Waals surface area contributed by atoms with Crippen LogP contribution in [0.1, 0.15) is 6.42 Å². The van der Waals surface area contributed by atoms with Crippen molar-refractivity contribution in [1.82, 2.24) is 0 Å². The summed E-state index contributed by atoms with van der Waals surface area (Å²) < 4.78 is 12.8. The van der Waals surface area contributed by atoms with Gasteiger partial charge in [0.05, 0.1) is 11.4 Å². The van der Waals surface area contributed by atoms with Crippen LogP contribution in [0, 0.1) is 5.82 Å². The van der Waals surface area contributed by atoms with E-state index < -0.39 is 30.2 Å². The third kappa shape index (κ3) is 3.92. The van der Waals surface area contributed by atoms with E-state index in [1.54, 1.807) is 0 Å². The third-order valence-electron chi connectivity index (χ3n) is 1.94. The quantitative estimate of drug-likeness (QED) is 0.753. The molecule has 1 aromatic carbocycles. The molecule has 1 rings (SSSR count). The normalized spacial score (nSPS) is 11.9. The summed E-state index contributed by atoms with van der Waals surface area (Å²) in [5.41, 5.74) is 0.241. The number of carboxylic acids is 2. The summed E-state index contributed by atoms with van der Waals surface area (Å²) in [5.74, 6) is -3.20. The molecule has 0 bridgehead atoms. The summed E-state index contributed by atoms with van der Waals surface area (Å²) in [5, 5.41) is 19.6. The first kappa shape index (κ1) is 13.2. The van der Waals surface area contributed by atoms with Gasteiger partial charge in [-0.15, -0.1) is 0 Å². The Hall–Kier alpha value is -1.82. The smallest absolute Gasteiger partial charge is 0.326 e. The molecule has 0 amide bonds. The van der Waals surface area contributed by atoms with E-state index in [0.29, 0.717) is 0 Å². The maximum absolute atomic E-state index is 12.8. The molecule has 0 saturated carbocycles. The summed E-state index contributed by atoms with van der Waals surface area (Å²) in [6, 6.07) is 2.23. The van der Waals surface area contributed by atoms with Crippen molar-refractivity contribution < 1.29 is 24.2 Å². The van der Waals surface area contributed by atoms with E-state index in [4.69, 9.17) is 21.8 Å². The Labute approximate surface area is 101 Å². The van der Waals surface area contributed by atoms with Crippen molar-refractivity contribution in [2.45, 2.75) is 12.5 Å². The number of hydrogen-bond acceptors (Lipinski definition) is 3. The zero-order valence-electron chi connectivity index (χ0n) is 8.48. The minimum Gasteiger partial charge on any atom is -0.481 e. The molecule has 7 heteroatoms. The number of benzene rings is 1. The topological polar surface area (TPSA) is 86.6 Å². The standard InChI is InChI=1S/C10H9ClFNO4/c11-6-3-5(1-2-7(6)12)13-8(10(16)17)4-9(14)15/h1-3,8,13H,4H2,(H,14,15)(H,16,17). The number of rotatable bonds is 5. The molecule has 0 aliphatic carbocycles. The van der Waals surface area contributed by atoms with Gasteiger partial charge in [-0.3, -0.25) is 4.79 Å². The number of anilines is 1. The second-order valence-electron chi connectivity index (χ2n) is 3.26. The second kappa shape index (κ2) is 5.49. The highest BCUT2D eigenvalue weighted by Gasteiger charge is 2.20. The van der Waals surface area contributed by atoms with Crippen molar-refractivity contribution in [3.8, 4) is 0 Å².